The molecule has 1 nitrogen and oxygen atoms in total. The maximum atomic E-state index is 10.0. The summed E-state index contributed by atoms with van der Waals surface area (Å²) in [7, 11) is 10.6. The lowest BCUT2D eigenvalue weighted by molar-refractivity contribution is 0.367. The number of rotatable bonds is 5. The van der Waals surface area contributed by atoms with Gasteiger partial charge in [0.05, 0.1) is 22.6 Å². The van der Waals surface area contributed by atoms with Crippen LogP contribution in [-0.2, 0) is 0 Å². The quantitative estimate of drug-likeness (QED) is 0.201. The fourth-order valence-corrected chi connectivity index (χ4v) is 12.6. The van der Waals surface area contributed by atoms with Crippen LogP contribution in [0.1, 0.15) is 70.6 Å². The van der Waals surface area contributed by atoms with E-state index in [4.69, 9.17) is 15.1 Å². The van der Waals surface area contributed by atoms with E-state index in [9.17, 15) is 5.11 Å². The molecule has 0 aromatic heterocycles. The van der Waals surface area contributed by atoms with Gasteiger partial charge in [0, 0.05) is 7.14 Å². The second kappa shape index (κ2) is 12.8. The second-order valence-electron chi connectivity index (χ2n) is 10.6. The summed E-state index contributed by atoms with van der Waals surface area (Å²) in [5, 5.41) is 10.0. The van der Waals surface area contributed by atoms with Gasteiger partial charge in [-0.2, -0.15) is 0 Å². The molecule has 0 bridgehead atoms. The van der Waals surface area contributed by atoms with E-state index in [1.165, 1.54) is 35.1 Å². The van der Waals surface area contributed by atoms with Crippen LogP contribution >= 0.6 is 14.9 Å². The number of hydrogen-bond donors (Lipinski definition) is 1. The molecule has 0 saturated carbocycles. The molecule has 2 heterocycles. The first-order chi connectivity index (χ1) is 18.6. The van der Waals surface area contributed by atoms with E-state index in [1.54, 1.807) is 0 Å². The Balaban J connectivity index is 0.000000156. The topological polar surface area (TPSA) is 20.2 Å². The van der Waals surface area contributed by atoms with Gasteiger partial charge in [-0.1, -0.05) is 121 Å². The molecule has 4 unspecified atom stereocenters. The van der Waals surface area contributed by atoms with Crippen LogP contribution in [0.4, 0.5) is 0 Å². The van der Waals surface area contributed by atoms with Gasteiger partial charge in [0.15, 0.2) is 0 Å². The van der Waals surface area contributed by atoms with Crippen LogP contribution in [0, 0.1) is 0 Å². The molecule has 4 aromatic carbocycles. The monoisotopic (exact) mass is 532 g/mol. The Morgan fingerprint density at radius 2 is 0.868 bits per heavy atom. The van der Waals surface area contributed by atoms with Crippen LogP contribution in [0.15, 0.2) is 121 Å². The van der Waals surface area contributed by atoms with Gasteiger partial charge in [-0.05, 0) is 55.7 Å². The van der Waals surface area contributed by atoms with E-state index in [0.717, 1.165) is 12.8 Å². The van der Waals surface area contributed by atoms with Crippen LogP contribution in [0.3, 0.4) is 0 Å². The highest BCUT2D eigenvalue weighted by atomic mass is 31.2. The molecule has 1 N–H and O–H groups in total. The van der Waals surface area contributed by atoms with Crippen molar-refractivity contribution in [3.63, 3.8) is 0 Å². The molecule has 0 spiro atoms. The summed E-state index contributed by atoms with van der Waals surface area (Å²) in [5.41, 5.74) is 7.34. The fraction of sp³-hybridized carbons (Fsp3) is 0.273. The Kier molecular flexibility index (Phi) is 9.22. The van der Waals surface area contributed by atoms with Gasteiger partial charge >= 0.3 is 15.1 Å². The average Bonchev–Trinajstić information content (AvgIpc) is 3.55. The summed E-state index contributed by atoms with van der Waals surface area (Å²) in [4.78, 5) is 0. The molecule has 5 heteroatoms. The highest BCUT2D eigenvalue weighted by Gasteiger charge is 2.53. The third-order valence-corrected chi connectivity index (χ3v) is 15.2. The minimum Gasteiger partial charge on any atom is -0.363 e. The van der Waals surface area contributed by atoms with Crippen LogP contribution in [0.5, 0.6) is 0 Å². The predicted octanol–water partition coefficient (Wildman–Crippen LogP) is 8.87. The van der Waals surface area contributed by atoms with Crippen LogP contribution in [0.25, 0.3) is 0 Å². The zero-order valence-electron chi connectivity index (χ0n) is 21.9. The van der Waals surface area contributed by atoms with Crippen LogP contribution in [-0.4, -0.2) is 26.6 Å². The molecular formula is C33H36B2OP2+2. The third kappa shape index (κ3) is 5.87. The summed E-state index contributed by atoms with van der Waals surface area (Å²) in [6.45, 7) is 0. The van der Waals surface area contributed by atoms with E-state index in [-0.39, 0.29) is 6.35 Å². The molecule has 4 radical (unpaired) electrons. The number of benzene rings is 4. The van der Waals surface area contributed by atoms with Crippen molar-refractivity contribution in [2.45, 2.75) is 48.3 Å². The molecule has 2 aliphatic rings. The molecule has 0 amide bonds. The smallest absolute Gasteiger partial charge is 0.363 e. The SMILES string of the molecule is [B][P+]1(CO)C(c2ccccc2)CC[C@@H]1c1ccccc1.[B][PH+]1C(c2ccccc2)CC[C@@H]1c1ccccc1. The molecular weight excluding hydrogens is 496 g/mol. The predicted molar refractivity (Wildman–Crippen MR) is 169 cm³/mol. The molecule has 188 valence electrons. The van der Waals surface area contributed by atoms with Gasteiger partial charge < -0.3 is 5.11 Å². The highest BCUT2D eigenvalue weighted by molar-refractivity contribution is 7.97. The van der Waals surface area contributed by atoms with Crippen molar-refractivity contribution in [2.24, 2.45) is 0 Å². The summed E-state index contributed by atoms with van der Waals surface area (Å²) < 4.78 is 0. The van der Waals surface area contributed by atoms with E-state index in [1.807, 2.05) is 12.1 Å². The molecule has 2 saturated heterocycles. The number of hydrogen-bond acceptors (Lipinski definition) is 1. The van der Waals surface area contributed by atoms with Crippen molar-refractivity contribution in [2.75, 3.05) is 6.35 Å². The van der Waals surface area contributed by atoms with Gasteiger partial charge in [0.25, 0.3) is 0 Å². The molecule has 2 fully saturated rings. The largest absolute Gasteiger partial charge is 0.369 e. The minimum absolute atomic E-state index is 0.131. The lowest BCUT2D eigenvalue weighted by atomic mass is 10.0. The van der Waals surface area contributed by atoms with Crippen molar-refractivity contribution >= 4 is 30.1 Å². The van der Waals surface area contributed by atoms with E-state index < -0.39 is 14.9 Å². The average molecular weight is 532 g/mol. The second-order valence-corrected chi connectivity index (χ2v) is 16.5. The number of aliphatic hydroxyl groups is 1. The molecule has 0 aliphatic carbocycles. The van der Waals surface area contributed by atoms with Crippen molar-refractivity contribution < 1.29 is 5.11 Å². The molecule has 6 atom stereocenters. The zero-order valence-corrected chi connectivity index (χ0v) is 23.8. The van der Waals surface area contributed by atoms with Crippen molar-refractivity contribution in [3.8, 4) is 0 Å². The van der Waals surface area contributed by atoms with Gasteiger partial charge in [-0.25, -0.2) is 0 Å². The third-order valence-electron chi connectivity index (χ3n) is 8.44. The molecule has 6 rings (SSSR count). The molecule has 38 heavy (non-hydrogen) atoms. The van der Waals surface area contributed by atoms with Gasteiger partial charge in [0.2, 0.25) is 0 Å². The van der Waals surface area contributed by atoms with E-state index in [2.05, 4.69) is 109 Å². The Labute approximate surface area is 232 Å². The maximum Gasteiger partial charge on any atom is 0.369 e. The van der Waals surface area contributed by atoms with Gasteiger partial charge in [-0.15, -0.1) is 0 Å². The lowest BCUT2D eigenvalue weighted by Crippen LogP contribution is -2.09. The van der Waals surface area contributed by atoms with Crippen molar-refractivity contribution in [1.82, 2.24) is 0 Å². The number of aliphatic hydroxyl groups excluding tert-OH is 1. The van der Waals surface area contributed by atoms with E-state index >= 15 is 0 Å². The van der Waals surface area contributed by atoms with Crippen LogP contribution in [0.2, 0.25) is 0 Å². The highest BCUT2D eigenvalue weighted by Crippen LogP contribution is 2.81. The van der Waals surface area contributed by atoms with Crippen molar-refractivity contribution in [1.29, 1.82) is 0 Å². The summed E-state index contributed by atoms with van der Waals surface area (Å²) in [6.07, 6.45) is 4.78. The fourth-order valence-electron chi connectivity index (χ4n) is 6.45. The maximum absolute atomic E-state index is 10.0. The minimum atomic E-state index is -1.91. The first kappa shape index (κ1) is 27.4. The Morgan fingerprint density at radius 1 is 0.553 bits per heavy atom. The summed E-state index contributed by atoms with van der Waals surface area (Å²) in [5.74, 6) is 0. The Morgan fingerprint density at radius 3 is 1.18 bits per heavy atom. The van der Waals surface area contributed by atoms with Gasteiger partial charge in [-0.3, -0.25) is 0 Å². The molecule has 4 aromatic rings. The van der Waals surface area contributed by atoms with Crippen LogP contribution < -0.4 is 0 Å². The standard InChI is InChI=1S/C17H19BOP.C16H17BP/c18-20(13-19)16(14-7-3-1-4-8-14)11-12-17(20)15-9-5-2-6-10-15;17-18-15(13-7-3-1-4-8-13)11-12-16(18)14-9-5-2-6-10-14/h1-10,16-17,19H,11-13H2;1-10,15-16,18H,11-12H2/q2*+1/t16-,17?,20?;15-,16?/m11/s1. The first-order valence-electron chi connectivity index (χ1n) is 13.7. The van der Waals surface area contributed by atoms with Gasteiger partial charge in [0.1, 0.15) is 6.35 Å². The van der Waals surface area contributed by atoms with Crippen molar-refractivity contribution in [3.05, 3.63) is 144 Å². The summed E-state index contributed by atoms with van der Waals surface area (Å²) in [6, 6.07) is 42.5. The normalized spacial score (nSPS) is 28.4. The van der Waals surface area contributed by atoms with E-state index in [0.29, 0.717) is 22.6 Å². The zero-order chi connectivity index (χ0) is 26.4. The Bertz CT molecular complexity index is 1160. The lowest BCUT2D eigenvalue weighted by Gasteiger charge is -2.29. The first-order valence-corrected chi connectivity index (χ1v) is 17.6. The Hall–Kier alpha value is -2.17. The molecule has 2 aliphatic heterocycles. The summed E-state index contributed by atoms with van der Waals surface area (Å²) >= 11 is 0.